The normalized spacial score (nSPS) is 23.4. The second-order valence-electron chi connectivity index (χ2n) is 5.39. The third-order valence-electron chi connectivity index (χ3n) is 4.08. The van der Waals surface area contributed by atoms with Gasteiger partial charge in [-0.25, -0.2) is 4.79 Å². The number of anilines is 1. The van der Waals surface area contributed by atoms with Crippen molar-refractivity contribution in [1.82, 2.24) is 4.90 Å². The van der Waals surface area contributed by atoms with Gasteiger partial charge in [0.25, 0.3) is 0 Å². The van der Waals surface area contributed by atoms with E-state index in [1.165, 1.54) is 11.1 Å². The molecule has 0 aromatic heterocycles. The molecule has 0 radical (unpaired) electrons. The zero-order valence-corrected chi connectivity index (χ0v) is 11.6. The van der Waals surface area contributed by atoms with Crippen molar-refractivity contribution in [1.29, 1.82) is 0 Å². The Morgan fingerprint density at radius 3 is 3.05 bits per heavy atom. The fourth-order valence-electron chi connectivity index (χ4n) is 2.92. The SMILES string of the molecule is CCN1CC[C@H]2COC(=O)N2c2cc(C)ccc2C1. The van der Waals surface area contributed by atoms with Crippen LogP contribution in [0.3, 0.4) is 0 Å². The lowest BCUT2D eigenvalue weighted by molar-refractivity contribution is 0.177. The summed E-state index contributed by atoms with van der Waals surface area (Å²) >= 11 is 0. The van der Waals surface area contributed by atoms with Crippen molar-refractivity contribution in [2.45, 2.75) is 32.9 Å². The number of carbonyl (C=O) groups excluding carboxylic acids is 1. The average molecular weight is 260 g/mol. The minimum Gasteiger partial charge on any atom is -0.447 e. The summed E-state index contributed by atoms with van der Waals surface area (Å²) in [6.45, 7) is 7.72. The van der Waals surface area contributed by atoms with Gasteiger partial charge in [0.2, 0.25) is 0 Å². The van der Waals surface area contributed by atoms with Crippen molar-refractivity contribution in [2.75, 3.05) is 24.6 Å². The summed E-state index contributed by atoms with van der Waals surface area (Å²) in [6.07, 6.45) is 0.786. The molecule has 2 aliphatic heterocycles. The highest BCUT2D eigenvalue weighted by molar-refractivity contribution is 5.91. The van der Waals surface area contributed by atoms with Gasteiger partial charge in [0.15, 0.2) is 0 Å². The minimum atomic E-state index is -0.193. The summed E-state index contributed by atoms with van der Waals surface area (Å²) < 4.78 is 5.25. The quantitative estimate of drug-likeness (QED) is 0.778. The zero-order valence-electron chi connectivity index (χ0n) is 11.6. The van der Waals surface area contributed by atoms with Crippen molar-refractivity contribution in [3.05, 3.63) is 29.3 Å². The standard InChI is InChI=1S/C15H20N2O2/c1-3-16-7-6-13-10-19-15(18)17(13)14-8-11(2)4-5-12(14)9-16/h4-5,8,13H,3,6-7,9-10H2,1-2H3/t13-/m0/s1. The van der Waals surface area contributed by atoms with Gasteiger partial charge in [-0.1, -0.05) is 19.1 Å². The van der Waals surface area contributed by atoms with Crippen molar-refractivity contribution >= 4 is 11.8 Å². The number of rotatable bonds is 1. The minimum absolute atomic E-state index is 0.183. The van der Waals surface area contributed by atoms with E-state index in [1.54, 1.807) is 0 Å². The van der Waals surface area contributed by atoms with Crippen LogP contribution in [0.2, 0.25) is 0 Å². The Kier molecular flexibility index (Phi) is 3.19. The number of cyclic esters (lactones) is 1. The van der Waals surface area contributed by atoms with Crippen LogP contribution < -0.4 is 4.90 Å². The van der Waals surface area contributed by atoms with Crippen LogP contribution in [0.5, 0.6) is 0 Å². The first-order valence-corrected chi connectivity index (χ1v) is 6.97. The van der Waals surface area contributed by atoms with Gasteiger partial charge in [0.1, 0.15) is 6.61 Å². The third-order valence-corrected chi connectivity index (χ3v) is 4.08. The lowest BCUT2D eigenvalue weighted by atomic mass is 10.0. The number of hydrogen-bond donors (Lipinski definition) is 0. The second-order valence-corrected chi connectivity index (χ2v) is 5.39. The highest BCUT2D eigenvalue weighted by atomic mass is 16.6. The van der Waals surface area contributed by atoms with E-state index in [0.29, 0.717) is 6.61 Å². The number of carbonyl (C=O) groups is 1. The maximum absolute atomic E-state index is 12.0. The van der Waals surface area contributed by atoms with Crippen LogP contribution in [-0.2, 0) is 11.3 Å². The molecule has 19 heavy (non-hydrogen) atoms. The van der Waals surface area contributed by atoms with Crippen LogP contribution in [0.15, 0.2) is 18.2 Å². The molecule has 0 unspecified atom stereocenters. The lowest BCUT2D eigenvalue weighted by Gasteiger charge is -2.31. The second kappa shape index (κ2) is 4.85. The smallest absolute Gasteiger partial charge is 0.414 e. The molecule has 1 fully saturated rings. The van der Waals surface area contributed by atoms with E-state index in [-0.39, 0.29) is 12.1 Å². The number of ether oxygens (including phenoxy) is 1. The van der Waals surface area contributed by atoms with E-state index in [4.69, 9.17) is 4.74 Å². The van der Waals surface area contributed by atoms with E-state index in [1.807, 2.05) is 4.90 Å². The first kappa shape index (κ1) is 12.5. The first-order chi connectivity index (χ1) is 9.19. The van der Waals surface area contributed by atoms with Gasteiger partial charge in [0.05, 0.1) is 11.7 Å². The number of aryl methyl sites for hydroxylation is 1. The largest absolute Gasteiger partial charge is 0.447 e. The number of benzene rings is 1. The van der Waals surface area contributed by atoms with Crippen molar-refractivity contribution in [3.63, 3.8) is 0 Å². The summed E-state index contributed by atoms with van der Waals surface area (Å²) in [5.74, 6) is 0. The van der Waals surface area contributed by atoms with Gasteiger partial charge < -0.3 is 4.74 Å². The molecule has 0 saturated carbocycles. The Hall–Kier alpha value is -1.55. The molecule has 1 amide bonds. The molecule has 0 N–H and O–H groups in total. The van der Waals surface area contributed by atoms with Crippen molar-refractivity contribution < 1.29 is 9.53 Å². The molecule has 3 rings (SSSR count). The molecular formula is C15H20N2O2. The number of nitrogens with zero attached hydrogens (tertiary/aromatic N) is 2. The topological polar surface area (TPSA) is 32.8 Å². The molecule has 2 aliphatic rings. The van der Waals surface area contributed by atoms with Crippen LogP contribution in [0.1, 0.15) is 24.5 Å². The lowest BCUT2D eigenvalue weighted by Crippen LogP contribution is -2.40. The Balaban J connectivity index is 2.06. The summed E-state index contributed by atoms with van der Waals surface area (Å²) in [5.41, 5.74) is 3.43. The van der Waals surface area contributed by atoms with E-state index < -0.39 is 0 Å². The molecule has 102 valence electrons. The molecule has 2 heterocycles. The molecular weight excluding hydrogens is 240 g/mol. The predicted molar refractivity (Wildman–Crippen MR) is 74.4 cm³/mol. The van der Waals surface area contributed by atoms with E-state index >= 15 is 0 Å². The fourth-order valence-corrected chi connectivity index (χ4v) is 2.92. The van der Waals surface area contributed by atoms with Gasteiger partial charge in [-0.2, -0.15) is 0 Å². The average Bonchev–Trinajstić information content (AvgIpc) is 2.74. The van der Waals surface area contributed by atoms with Crippen molar-refractivity contribution in [3.8, 4) is 0 Å². The molecule has 1 atom stereocenters. The zero-order chi connectivity index (χ0) is 13.4. The molecule has 1 saturated heterocycles. The van der Waals surface area contributed by atoms with E-state index in [2.05, 4.69) is 36.9 Å². The Bertz CT molecular complexity index is 501. The van der Waals surface area contributed by atoms with E-state index in [9.17, 15) is 4.79 Å². The summed E-state index contributed by atoms with van der Waals surface area (Å²) in [5, 5.41) is 0. The molecule has 1 aromatic carbocycles. The third kappa shape index (κ3) is 2.21. The van der Waals surface area contributed by atoms with Crippen LogP contribution in [0, 0.1) is 6.92 Å². The first-order valence-electron chi connectivity index (χ1n) is 6.97. The molecule has 1 aromatic rings. The highest BCUT2D eigenvalue weighted by Crippen LogP contribution is 2.32. The van der Waals surface area contributed by atoms with Gasteiger partial charge in [0, 0.05) is 13.1 Å². The molecule has 4 nitrogen and oxygen atoms in total. The summed E-state index contributed by atoms with van der Waals surface area (Å²) in [7, 11) is 0. The Morgan fingerprint density at radius 1 is 1.42 bits per heavy atom. The molecule has 0 aliphatic carbocycles. The van der Waals surface area contributed by atoms with Crippen LogP contribution in [0.4, 0.5) is 10.5 Å². The molecule has 4 heteroatoms. The predicted octanol–water partition coefficient (Wildman–Crippen LogP) is 2.55. The van der Waals surface area contributed by atoms with Crippen LogP contribution in [-0.4, -0.2) is 36.7 Å². The van der Waals surface area contributed by atoms with Gasteiger partial charge in [-0.15, -0.1) is 0 Å². The van der Waals surface area contributed by atoms with Gasteiger partial charge in [-0.3, -0.25) is 9.80 Å². The fraction of sp³-hybridized carbons (Fsp3) is 0.533. The van der Waals surface area contributed by atoms with Gasteiger partial charge >= 0.3 is 6.09 Å². The highest BCUT2D eigenvalue weighted by Gasteiger charge is 2.36. The maximum Gasteiger partial charge on any atom is 0.414 e. The Labute approximate surface area is 113 Å². The monoisotopic (exact) mass is 260 g/mol. The number of amides is 1. The summed E-state index contributed by atoms with van der Waals surface area (Å²) in [4.78, 5) is 16.3. The van der Waals surface area contributed by atoms with Gasteiger partial charge in [-0.05, 0) is 37.1 Å². The molecule has 0 spiro atoms. The number of fused-ring (bicyclic) bond motifs is 3. The molecule has 0 bridgehead atoms. The van der Waals surface area contributed by atoms with E-state index in [0.717, 1.165) is 31.7 Å². The maximum atomic E-state index is 12.0. The number of hydrogen-bond acceptors (Lipinski definition) is 3. The van der Waals surface area contributed by atoms with Crippen molar-refractivity contribution in [2.24, 2.45) is 0 Å². The summed E-state index contributed by atoms with van der Waals surface area (Å²) in [6, 6.07) is 6.54. The van der Waals surface area contributed by atoms with Crippen LogP contribution in [0.25, 0.3) is 0 Å². The van der Waals surface area contributed by atoms with Crippen LogP contribution >= 0.6 is 0 Å². The Morgan fingerprint density at radius 2 is 2.26 bits per heavy atom.